The average Bonchev–Trinajstić information content (AvgIpc) is 3.77. The van der Waals surface area contributed by atoms with Crippen LogP contribution in [-0.2, 0) is 0 Å². The van der Waals surface area contributed by atoms with Crippen LogP contribution in [-0.4, -0.2) is 37.6 Å². The maximum atomic E-state index is 5.35. The molecule has 0 aliphatic rings. The Labute approximate surface area is 395 Å². The lowest BCUT2D eigenvalue weighted by molar-refractivity contribution is 1.05. The van der Waals surface area contributed by atoms with Crippen LogP contribution >= 0.6 is 0 Å². The smallest absolute Gasteiger partial charge is 0.179 e. The molecule has 0 unspecified atom stereocenters. The molecule has 9 aromatic carbocycles. The summed E-state index contributed by atoms with van der Waals surface area (Å²) in [6, 6.07) is 89.6. The van der Waals surface area contributed by atoms with Gasteiger partial charge < -0.3 is 0 Å². The first-order valence-corrected chi connectivity index (χ1v) is 24.8. The van der Waals surface area contributed by atoms with Gasteiger partial charge in [0.15, 0.2) is 31.4 Å². The van der Waals surface area contributed by atoms with Gasteiger partial charge >= 0.3 is 0 Å². The van der Waals surface area contributed by atoms with Crippen LogP contribution in [0.5, 0.6) is 0 Å². The fraction of sp³-hybridized carbons (Fsp3) is 0. The molecule has 68 heavy (non-hydrogen) atoms. The summed E-state index contributed by atoms with van der Waals surface area (Å²) in [5, 5.41) is 7.47. The van der Waals surface area contributed by atoms with E-state index in [9.17, 15) is 0 Å². The zero-order valence-electron chi connectivity index (χ0n) is 36.9. The Kier molecular flexibility index (Phi) is 10.4. The van der Waals surface area contributed by atoms with Gasteiger partial charge in [0.1, 0.15) is 5.82 Å². The van der Waals surface area contributed by atoms with Gasteiger partial charge in [-0.25, -0.2) is 24.9 Å². The molecule has 0 N–H and O–H groups in total. The van der Waals surface area contributed by atoms with Gasteiger partial charge in [0.05, 0.1) is 16.7 Å². The molecule has 0 aliphatic heterocycles. The van der Waals surface area contributed by atoms with Crippen LogP contribution in [0.1, 0.15) is 0 Å². The van der Waals surface area contributed by atoms with Crippen molar-refractivity contribution in [1.29, 1.82) is 0 Å². The Bertz CT molecular complexity index is 3580. The third-order valence-corrected chi connectivity index (χ3v) is 17.6. The number of benzene rings is 9. The summed E-state index contributed by atoms with van der Waals surface area (Å²) in [7, 11) is -2.84. The standard InChI is InChI=1S/C61H42N6Si/c1-6-22-43(23-7-1)54-42-57(67-55-38-18-16-36-52(55)53-37-17-19-39-56(53)67)63-59(62-54)45-26-20-27-46(40-45)60-64-58(44-24-8-2-9-25-44)65-61(66-60)47-28-21-35-51(41-47)68(48-29-10-3-11-30-48,49-31-12-4-13-32-49)50-33-14-5-15-34-50/h1-42H. The molecule has 12 aromatic rings. The van der Waals surface area contributed by atoms with Crippen molar-refractivity contribution in [2.75, 3.05) is 0 Å². The van der Waals surface area contributed by atoms with Gasteiger partial charge in [-0.2, -0.15) is 0 Å². The quantitative estimate of drug-likeness (QED) is 0.101. The number of hydrogen-bond donors (Lipinski definition) is 0. The van der Waals surface area contributed by atoms with Crippen molar-refractivity contribution in [3.05, 3.63) is 255 Å². The first kappa shape index (κ1) is 40.6. The summed E-state index contributed by atoms with van der Waals surface area (Å²) in [6.07, 6.45) is 0. The van der Waals surface area contributed by atoms with Crippen molar-refractivity contribution in [1.82, 2.24) is 29.5 Å². The number of aromatic nitrogens is 6. The van der Waals surface area contributed by atoms with Crippen molar-refractivity contribution in [3.8, 4) is 62.6 Å². The van der Waals surface area contributed by atoms with Gasteiger partial charge in [-0.15, -0.1) is 0 Å². The molecular weight excluding hydrogens is 845 g/mol. The van der Waals surface area contributed by atoms with E-state index in [2.05, 4.69) is 205 Å². The molecule has 320 valence electrons. The molecule has 0 saturated heterocycles. The normalized spacial score (nSPS) is 11.5. The van der Waals surface area contributed by atoms with E-state index in [4.69, 9.17) is 24.9 Å². The van der Waals surface area contributed by atoms with Crippen molar-refractivity contribution in [2.45, 2.75) is 0 Å². The maximum Gasteiger partial charge on any atom is 0.179 e. The Morgan fingerprint density at radius 3 is 1.15 bits per heavy atom. The number of hydrogen-bond acceptors (Lipinski definition) is 5. The number of nitrogens with zero attached hydrogens (tertiary/aromatic N) is 6. The molecule has 0 fully saturated rings. The van der Waals surface area contributed by atoms with E-state index >= 15 is 0 Å². The van der Waals surface area contributed by atoms with Gasteiger partial charge in [-0.3, -0.25) is 4.57 Å². The van der Waals surface area contributed by atoms with Gasteiger partial charge in [0.2, 0.25) is 0 Å². The van der Waals surface area contributed by atoms with Crippen LogP contribution in [0.25, 0.3) is 84.4 Å². The zero-order chi connectivity index (χ0) is 45.3. The van der Waals surface area contributed by atoms with Crippen LogP contribution in [0.2, 0.25) is 0 Å². The molecule has 3 aromatic heterocycles. The van der Waals surface area contributed by atoms with Crippen LogP contribution in [0, 0.1) is 0 Å². The van der Waals surface area contributed by atoms with E-state index < -0.39 is 8.07 Å². The van der Waals surface area contributed by atoms with E-state index in [0.717, 1.165) is 50.4 Å². The summed E-state index contributed by atoms with van der Waals surface area (Å²) < 4.78 is 2.25. The van der Waals surface area contributed by atoms with E-state index in [-0.39, 0.29) is 0 Å². The SMILES string of the molecule is c1ccc(-c2cc(-n3c4ccccc4c4ccccc43)nc(-c3cccc(-c4nc(-c5ccccc5)nc(-c5cccc([Si](c6ccccc6)(c6ccccc6)c6ccccc6)c5)n4)c3)n2)cc1. The highest BCUT2D eigenvalue weighted by Crippen LogP contribution is 2.34. The Hall–Kier alpha value is -8.91. The third-order valence-electron chi connectivity index (χ3n) is 12.8. The van der Waals surface area contributed by atoms with Gasteiger partial charge in [-0.05, 0) is 38.9 Å². The molecular formula is C61H42N6Si. The van der Waals surface area contributed by atoms with Crippen LogP contribution in [0.15, 0.2) is 255 Å². The lowest BCUT2D eigenvalue weighted by Crippen LogP contribution is -2.74. The lowest BCUT2D eigenvalue weighted by Gasteiger charge is -2.34. The largest absolute Gasteiger partial charge is 0.294 e. The maximum absolute atomic E-state index is 5.35. The minimum absolute atomic E-state index is 0.556. The predicted molar refractivity (Wildman–Crippen MR) is 281 cm³/mol. The topological polar surface area (TPSA) is 69.4 Å². The summed E-state index contributed by atoms with van der Waals surface area (Å²) in [5.41, 5.74) is 7.48. The fourth-order valence-corrected chi connectivity index (χ4v) is 14.5. The molecule has 12 rings (SSSR count). The van der Waals surface area contributed by atoms with E-state index in [1.807, 2.05) is 54.6 Å². The minimum atomic E-state index is -2.84. The molecule has 6 nitrogen and oxygen atoms in total. The van der Waals surface area contributed by atoms with Crippen LogP contribution in [0.3, 0.4) is 0 Å². The van der Waals surface area contributed by atoms with Crippen LogP contribution < -0.4 is 20.7 Å². The average molecular weight is 887 g/mol. The van der Waals surface area contributed by atoms with Crippen LogP contribution in [0.4, 0.5) is 0 Å². The van der Waals surface area contributed by atoms with Crippen molar-refractivity contribution < 1.29 is 0 Å². The second-order valence-electron chi connectivity index (χ2n) is 16.9. The van der Waals surface area contributed by atoms with E-state index in [0.29, 0.717) is 23.3 Å². The zero-order valence-corrected chi connectivity index (χ0v) is 37.9. The molecule has 0 radical (unpaired) electrons. The summed E-state index contributed by atoms with van der Waals surface area (Å²) in [6.45, 7) is 0. The summed E-state index contributed by atoms with van der Waals surface area (Å²) in [5.74, 6) is 3.12. The molecule has 0 bridgehead atoms. The molecule has 0 aliphatic carbocycles. The van der Waals surface area contributed by atoms with Crippen molar-refractivity contribution >= 4 is 50.6 Å². The molecule has 0 amide bonds. The molecule has 0 spiro atoms. The molecule has 0 saturated carbocycles. The highest BCUT2D eigenvalue weighted by molar-refractivity contribution is 7.19. The van der Waals surface area contributed by atoms with E-state index in [1.54, 1.807) is 0 Å². The van der Waals surface area contributed by atoms with Crippen molar-refractivity contribution in [3.63, 3.8) is 0 Å². The number of para-hydroxylation sites is 2. The minimum Gasteiger partial charge on any atom is -0.294 e. The summed E-state index contributed by atoms with van der Waals surface area (Å²) in [4.78, 5) is 26.3. The van der Waals surface area contributed by atoms with Gasteiger partial charge in [-0.1, -0.05) is 231 Å². The molecule has 0 atom stereocenters. The monoisotopic (exact) mass is 886 g/mol. The Balaban J connectivity index is 1.03. The van der Waals surface area contributed by atoms with Gasteiger partial charge in [0.25, 0.3) is 0 Å². The second-order valence-corrected chi connectivity index (χ2v) is 20.7. The first-order chi connectivity index (χ1) is 33.7. The predicted octanol–water partition coefficient (Wildman–Crippen LogP) is 11.5. The second kappa shape index (κ2) is 17.5. The molecule has 7 heteroatoms. The van der Waals surface area contributed by atoms with E-state index in [1.165, 1.54) is 31.5 Å². The van der Waals surface area contributed by atoms with Gasteiger partial charge in [0, 0.05) is 44.7 Å². The Morgan fingerprint density at radius 1 is 0.265 bits per heavy atom. The Morgan fingerprint density at radius 2 is 0.632 bits per heavy atom. The molecule has 3 heterocycles. The highest BCUT2D eigenvalue weighted by atomic mass is 28.3. The lowest BCUT2D eigenvalue weighted by atomic mass is 10.1. The number of rotatable bonds is 10. The highest BCUT2D eigenvalue weighted by Gasteiger charge is 2.41. The van der Waals surface area contributed by atoms with Crippen molar-refractivity contribution in [2.24, 2.45) is 0 Å². The third kappa shape index (κ3) is 7.28. The fourth-order valence-electron chi connectivity index (χ4n) is 9.71. The number of fused-ring (bicyclic) bond motifs is 3. The summed E-state index contributed by atoms with van der Waals surface area (Å²) >= 11 is 0. The first-order valence-electron chi connectivity index (χ1n) is 22.8.